The molecule has 4 aromatic rings. The molecular formula is C34H34O6. The van der Waals surface area contributed by atoms with Crippen molar-refractivity contribution in [2.45, 2.75) is 50.8 Å². The van der Waals surface area contributed by atoms with Gasteiger partial charge >= 0.3 is 5.97 Å². The van der Waals surface area contributed by atoms with Crippen molar-refractivity contribution in [3.05, 3.63) is 144 Å². The molecule has 206 valence electrons. The van der Waals surface area contributed by atoms with Gasteiger partial charge in [-0.15, -0.1) is 0 Å². The summed E-state index contributed by atoms with van der Waals surface area (Å²) in [6, 6.07) is 39.4. The first-order chi connectivity index (χ1) is 19.8. The highest BCUT2D eigenvalue weighted by Gasteiger charge is 2.48. The van der Waals surface area contributed by atoms with Crippen molar-refractivity contribution in [3.8, 4) is 0 Å². The van der Waals surface area contributed by atoms with Crippen LogP contribution >= 0.6 is 0 Å². The molecule has 6 heteroatoms. The summed E-state index contributed by atoms with van der Waals surface area (Å²) in [6.45, 7) is 1.43. The van der Waals surface area contributed by atoms with Crippen molar-refractivity contribution in [1.29, 1.82) is 0 Å². The van der Waals surface area contributed by atoms with Gasteiger partial charge in [0.05, 0.1) is 33.0 Å². The van der Waals surface area contributed by atoms with Crippen LogP contribution in [0.3, 0.4) is 0 Å². The maximum absolute atomic E-state index is 13.4. The lowest BCUT2D eigenvalue weighted by atomic mass is 9.98. The molecule has 5 rings (SSSR count). The normalized spacial score (nSPS) is 20.6. The van der Waals surface area contributed by atoms with E-state index < -0.39 is 30.4 Å². The second kappa shape index (κ2) is 14.5. The summed E-state index contributed by atoms with van der Waals surface area (Å²) in [5.41, 5.74) is 3.98. The lowest BCUT2D eigenvalue weighted by molar-refractivity contribution is -0.239. The summed E-state index contributed by atoms with van der Waals surface area (Å²) in [5.74, 6) is -0.484. The Balaban J connectivity index is 1.36. The third-order valence-electron chi connectivity index (χ3n) is 6.73. The Bertz CT molecular complexity index is 1280. The van der Waals surface area contributed by atoms with Crippen molar-refractivity contribution in [1.82, 2.24) is 0 Å². The van der Waals surface area contributed by atoms with Crippen molar-refractivity contribution in [2.24, 2.45) is 0 Å². The average Bonchev–Trinajstić information content (AvgIpc) is 3.01. The summed E-state index contributed by atoms with van der Waals surface area (Å²) >= 11 is 0. The Morgan fingerprint density at radius 3 is 1.38 bits per heavy atom. The molecule has 4 aromatic carbocycles. The molecule has 1 aliphatic rings. The number of benzene rings is 4. The Morgan fingerprint density at radius 2 is 0.900 bits per heavy atom. The van der Waals surface area contributed by atoms with Gasteiger partial charge < -0.3 is 23.7 Å². The van der Waals surface area contributed by atoms with E-state index in [-0.39, 0.29) is 13.2 Å². The van der Waals surface area contributed by atoms with Crippen LogP contribution < -0.4 is 0 Å². The molecule has 40 heavy (non-hydrogen) atoms. The monoisotopic (exact) mass is 538 g/mol. The summed E-state index contributed by atoms with van der Waals surface area (Å²) in [4.78, 5) is 13.4. The highest BCUT2D eigenvalue weighted by atomic mass is 16.6. The second-order valence-electron chi connectivity index (χ2n) is 9.72. The minimum atomic E-state index is -0.963. The van der Waals surface area contributed by atoms with Crippen LogP contribution in [0.25, 0.3) is 0 Å². The van der Waals surface area contributed by atoms with Crippen molar-refractivity contribution >= 4 is 5.97 Å². The molecular weight excluding hydrogens is 504 g/mol. The van der Waals surface area contributed by atoms with Crippen LogP contribution in [0.4, 0.5) is 0 Å². The minimum Gasteiger partial charge on any atom is -0.455 e. The number of esters is 1. The number of carbonyl (C=O) groups excluding carboxylic acids is 1. The highest BCUT2D eigenvalue weighted by Crippen LogP contribution is 2.28. The molecule has 0 N–H and O–H groups in total. The van der Waals surface area contributed by atoms with Gasteiger partial charge in [0.2, 0.25) is 0 Å². The fraction of sp³-hybridized carbons (Fsp3) is 0.265. The number of ether oxygens (including phenoxy) is 5. The first kappa shape index (κ1) is 27.7. The van der Waals surface area contributed by atoms with Gasteiger partial charge in [-0.1, -0.05) is 121 Å². The van der Waals surface area contributed by atoms with Gasteiger partial charge in [-0.05, 0) is 22.3 Å². The highest BCUT2D eigenvalue weighted by molar-refractivity contribution is 5.77. The van der Waals surface area contributed by atoms with Gasteiger partial charge in [0.25, 0.3) is 0 Å². The number of cyclic esters (lactones) is 1. The summed E-state index contributed by atoms with van der Waals surface area (Å²) in [7, 11) is 0. The molecule has 0 aliphatic carbocycles. The Morgan fingerprint density at radius 1 is 0.500 bits per heavy atom. The summed E-state index contributed by atoms with van der Waals surface area (Å²) in [5, 5.41) is 0. The fourth-order valence-corrected chi connectivity index (χ4v) is 4.64. The Hall–Kier alpha value is -3.81. The van der Waals surface area contributed by atoms with E-state index in [0.717, 1.165) is 22.3 Å². The largest absolute Gasteiger partial charge is 0.455 e. The number of hydrogen-bond donors (Lipinski definition) is 0. The van der Waals surface area contributed by atoms with Gasteiger partial charge in [-0.3, -0.25) is 0 Å². The predicted molar refractivity (Wildman–Crippen MR) is 151 cm³/mol. The van der Waals surface area contributed by atoms with Gasteiger partial charge in [-0.2, -0.15) is 0 Å². The molecule has 0 spiro atoms. The molecule has 0 radical (unpaired) electrons. The summed E-state index contributed by atoms with van der Waals surface area (Å²) in [6.07, 6.45) is -2.95. The first-order valence-corrected chi connectivity index (χ1v) is 13.5. The molecule has 4 atom stereocenters. The van der Waals surface area contributed by atoms with Crippen LogP contribution in [0.2, 0.25) is 0 Å². The van der Waals surface area contributed by atoms with E-state index in [1.54, 1.807) is 0 Å². The maximum atomic E-state index is 13.4. The smallest absolute Gasteiger partial charge is 0.338 e. The average molecular weight is 539 g/mol. The SMILES string of the molecule is O=C1O[C@@H](COCc2ccccc2)[C@H](OCc2ccccc2)[C@H](OCc2ccccc2)[C@H]1OCc1ccccc1. The van der Waals surface area contributed by atoms with Crippen molar-refractivity contribution in [3.63, 3.8) is 0 Å². The molecule has 0 aromatic heterocycles. The number of carbonyl (C=O) groups is 1. The zero-order valence-electron chi connectivity index (χ0n) is 22.3. The second-order valence-corrected chi connectivity index (χ2v) is 9.72. The van der Waals surface area contributed by atoms with E-state index in [9.17, 15) is 4.79 Å². The lowest BCUT2D eigenvalue weighted by Gasteiger charge is -2.41. The predicted octanol–water partition coefficient (Wildman–Crippen LogP) is 5.88. The molecule has 6 nitrogen and oxygen atoms in total. The zero-order chi connectivity index (χ0) is 27.4. The van der Waals surface area contributed by atoms with E-state index in [0.29, 0.717) is 19.8 Å². The standard InChI is InChI=1S/C34H34O6/c35-34-33(39-24-29-19-11-4-12-20-29)32(38-23-28-17-9-3-10-18-28)31(37-22-27-15-7-2-8-16-27)30(40-34)25-36-21-26-13-5-1-6-14-26/h1-20,30-33H,21-25H2/t30-,31-,32-,33+/m0/s1. The van der Waals surface area contributed by atoms with E-state index in [4.69, 9.17) is 23.7 Å². The number of hydrogen-bond acceptors (Lipinski definition) is 6. The third-order valence-corrected chi connectivity index (χ3v) is 6.73. The third kappa shape index (κ3) is 7.87. The van der Waals surface area contributed by atoms with Gasteiger partial charge in [0.15, 0.2) is 12.2 Å². The van der Waals surface area contributed by atoms with Gasteiger partial charge in [0, 0.05) is 0 Å². The van der Waals surface area contributed by atoms with E-state index in [1.807, 2.05) is 121 Å². The minimum absolute atomic E-state index is 0.163. The topological polar surface area (TPSA) is 63.2 Å². The first-order valence-electron chi connectivity index (χ1n) is 13.5. The van der Waals surface area contributed by atoms with Crippen molar-refractivity contribution in [2.75, 3.05) is 6.61 Å². The van der Waals surface area contributed by atoms with Crippen LogP contribution in [0.1, 0.15) is 22.3 Å². The van der Waals surface area contributed by atoms with Crippen molar-refractivity contribution < 1.29 is 28.5 Å². The van der Waals surface area contributed by atoms with Gasteiger partial charge in [0.1, 0.15) is 12.2 Å². The zero-order valence-corrected chi connectivity index (χ0v) is 22.3. The van der Waals surface area contributed by atoms with E-state index in [2.05, 4.69) is 0 Å². The van der Waals surface area contributed by atoms with Crippen LogP contribution in [-0.4, -0.2) is 37.0 Å². The lowest BCUT2D eigenvalue weighted by Crippen LogP contribution is -2.59. The Labute approximate surface area is 235 Å². The maximum Gasteiger partial charge on any atom is 0.338 e. The molecule has 1 heterocycles. The van der Waals surface area contributed by atoms with E-state index >= 15 is 0 Å². The molecule has 1 aliphatic heterocycles. The number of rotatable bonds is 13. The van der Waals surface area contributed by atoms with Crippen LogP contribution in [-0.2, 0) is 54.9 Å². The van der Waals surface area contributed by atoms with Crippen LogP contribution in [0, 0.1) is 0 Å². The van der Waals surface area contributed by atoms with Crippen LogP contribution in [0.5, 0.6) is 0 Å². The molecule has 0 unspecified atom stereocenters. The molecule has 0 bridgehead atoms. The fourth-order valence-electron chi connectivity index (χ4n) is 4.64. The summed E-state index contributed by atoms with van der Waals surface area (Å²) < 4.78 is 31.0. The molecule has 1 saturated heterocycles. The molecule has 0 amide bonds. The molecule has 0 saturated carbocycles. The van der Waals surface area contributed by atoms with Gasteiger partial charge in [-0.25, -0.2) is 4.79 Å². The molecule has 1 fully saturated rings. The Kier molecular flexibility index (Phi) is 10.1. The quantitative estimate of drug-likeness (QED) is 0.198. The van der Waals surface area contributed by atoms with Crippen LogP contribution in [0.15, 0.2) is 121 Å². The van der Waals surface area contributed by atoms with E-state index in [1.165, 1.54) is 0 Å².